The number of aliphatic imine (C=N–C) groups is 1. The van der Waals surface area contributed by atoms with Gasteiger partial charge < -0.3 is 15.4 Å². The van der Waals surface area contributed by atoms with Gasteiger partial charge in [0, 0.05) is 39.3 Å². The summed E-state index contributed by atoms with van der Waals surface area (Å²) < 4.78 is 5.28. The number of guanidine groups is 1. The number of methoxy groups -OCH3 is 1. The minimum atomic E-state index is 0. The molecule has 2 aliphatic carbocycles. The zero-order valence-electron chi connectivity index (χ0n) is 15.5. The maximum Gasteiger partial charge on any atom is 0.191 e. The lowest BCUT2D eigenvalue weighted by Crippen LogP contribution is -2.48. The Morgan fingerprint density at radius 1 is 1.08 bits per heavy atom. The van der Waals surface area contributed by atoms with Gasteiger partial charge in [-0.1, -0.05) is 36.8 Å². The van der Waals surface area contributed by atoms with Crippen molar-refractivity contribution in [3.05, 3.63) is 35.9 Å². The predicted molar refractivity (Wildman–Crippen MR) is 115 cm³/mol. The van der Waals surface area contributed by atoms with Gasteiger partial charge in [0.2, 0.25) is 0 Å². The van der Waals surface area contributed by atoms with E-state index in [0.29, 0.717) is 10.8 Å². The highest BCUT2D eigenvalue weighted by atomic mass is 127. The number of halogens is 1. The molecule has 2 saturated carbocycles. The van der Waals surface area contributed by atoms with Crippen molar-refractivity contribution in [2.75, 3.05) is 33.9 Å². The fourth-order valence-electron chi connectivity index (χ4n) is 3.77. The first kappa shape index (κ1) is 20.5. The molecule has 0 bridgehead atoms. The fourth-order valence-corrected chi connectivity index (χ4v) is 3.77. The van der Waals surface area contributed by atoms with Crippen LogP contribution in [-0.2, 0) is 10.2 Å². The van der Waals surface area contributed by atoms with Crippen molar-refractivity contribution in [1.29, 1.82) is 0 Å². The third kappa shape index (κ3) is 5.09. The second kappa shape index (κ2) is 9.21. The molecule has 0 aromatic heterocycles. The molecule has 25 heavy (non-hydrogen) atoms. The Balaban J connectivity index is 0.00000225. The Kier molecular flexibility index (Phi) is 7.55. The van der Waals surface area contributed by atoms with Gasteiger partial charge in [-0.05, 0) is 43.1 Å². The van der Waals surface area contributed by atoms with Gasteiger partial charge >= 0.3 is 0 Å². The fraction of sp³-hybridized carbons (Fsp3) is 0.650. The van der Waals surface area contributed by atoms with E-state index in [0.717, 1.165) is 32.1 Å². The van der Waals surface area contributed by atoms with Gasteiger partial charge in [0.25, 0.3) is 0 Å². The van der Waals surface area contributed by atoms with Crippen molar-refractivity contribution in [2.24, 2.45) is 10.4 Å². The second-order valence-corrected chi connectivity index (χ2v) is 7.52. The van der Waals surface area contributed by atoms with Crippen molar-refractivity contribution in [1.82, 2.24) is 10.6 Å². The lowest BCUT2D eigenvalue weighted by molar-refractivity contribution is 0.0732. The van der Waals surface area contributed by atoms with Crippen LogP contribution in [0.15, 0.2) is 35.3 Å². The van der Waals surface area contributed by atoms with Crippen LogP contribution in [0.2, 0.25) is 0 Å². The van der Waals surface area contributed by atoms with E-state index in [4.69, 9.17) is 4.74 Å². The van der Waals surface area contributed by atoms with E-state index < -0.39 is 0 Å². The van der Waals surface area contributed by atoms with E-state index in [1.807, 2.05) is 7.05 Å². The molecular formula is C20H32IN3O. The van der Waals surface area contributed by atoms with Crippen LogP contribution in [0.4, 0.5) is 0 Å². The Morgan fingerprint density at radius 2 is 1.76 bits per heavy atom. The number of nitrogens with one attached hydrogen (secondary N) is 2. The van der Waals surface area contributed by atoms with Gasteiger partial charge in [-0.3, -0.25) is 4.99 Å². The summed E-state index contributed by atoms with van der Waals surface area (Å²) in [5, 5.41) is 7.11. The number of hydrogen-bond donors (Lipinski definition) is 2. The molecule has 0 unspecified atom stereocenters. The Morgan fingerprint density at radius 3 is 2.28 bits per heavy atom. The van der Waals surface area contributed by atoms with Crippen LogP contribution in [0, 0.1) is 5.41 Å². The highest BCUT2D eigenvalue weighted by molar-refractivity contribution is 14.0. The van der Waals surface area contributed by atoms with E-state index in [2.05, 4.69) is 46.0 Å². The van der Waals surface area contributed by atoms with Crippen molar-refractivity contribution in [3.8, 4) is 0 Å². The average molecular weight is 457 g/mol. The molecular weight excluding hydrogens is 425 g/mol. The van der Waals surface area contributed by atoms with E-state index in [1.165, 1.54) is 37.7 Å². The molecule has 3 rings (SSSR count). The molecule has 2 aliphatic rings. The van der Waals surface area contributed by atoms with Gasteiger partial charge in [0.1, 0.15) is 0 Å². The quantitative estimate of drug-likeness (QED) is 0.356. The monoisotopic (exact) mass is 457 g/mol. The molecule has 0 radical (unpaired) electrons. The number of hydrogen-bond acceptors (Lipinski definition) is 2. The van der Waals surface area contributed by atoms with Gasteiger partial charge in [0.05, 0.1) is 0 Å². The summed E-state index contributed by atoms with van der Waals surface area (Å²) >= 11 is 0. The van der Waals surface area contributed by atoms with Gasteiger partial charge in [-0.2, -0.15) is 0 Å². The summed E-state index contributed by atoms with van der Waals surface area (Å²) in [4.78, 5) is 4.42. The summed E-state index contributed by atoms with van der Waals surface area (Å²) in [6, 6.07) is 10.9. The van der Waals surface area contributed by atoms with Crippen LogP contribution >= 0.6 is 24.0 Å². The SMILES string of the molecule is CN=C(NCC1(CCOC)CCC1)NCC1(c2ccccc2)CC1.I. The predicted octanol–water partition coefficient (Wildman–Crippen LogP) is 3.71. The first-order valence-corrected chi connectivity index (χ1v) is 9.21. The highest BCUT2D eigenvalue weighted by Crippen LogP contribution is 2.47. The molecule has 5 heteroatoms. The largest absolute Gasteiger partial charge is 0.385 e. The van der Waals surface area contributed by atoms with Crippen molar-refractivity contribution in [3.63, 3.8) is 0 Å². The zero-order chi connectivity index (χ0) is 16.9. The maximum absolute atomic E-state index is 5.28. The minimum Gasteiger partial charge on any atom is -0.385 e. The highest BCUT2D eigenvalue weighted by Gasteiger charge is 2.44. The van der Waals surface area contributed by atoms with Gasteiger partial charge in [-0.25, -0.2) is 0 Å². The van der Waals surface area contributed by atoms with Crippen molar-refractivity contribution in [2.45, 2.75) is 43.9 Å². The van der Waals surface area contributed by atoms with E-state index in [-0.39, 0.29) is 24.0 Å². The number of benzene rings is 1. The number of rotatable bonds is 8. The molecule has 2 N–H and O–H groups in total. The maximum atomic E-state index is 5.28. The van der Waals surface area contributed by atoms with Crippen molar-refractivity contribution < 1.29 is 4.74 Å². The van der Waals surface area contributed by atoms with E-state index in [1.54, 1.807) is 7.11 Å². The summed E-state index contributed by atoms with van der Waals surface area (Å²) in [5.41, 5.74) is 2.16. The third-order valence-corrected chi connectivity index (χ3v) is 5.94. The first-order valence-electron chi connectivity index (χ1n) is 9.21. The third-order valence-electron chi connectivity index (χ3n) is 5.94. The smallest absolute Gasteiger partial charge is 0.191 e. The van der Waals surface area contributed by atoms with Gasteiger partial charge in [0.15, 0.2) is 5.96 Å². The lowest BCUT2D eigenvalue weighted by atomic mass is 9.67. The van der Waals surface area contributed by atoms with E-state index in [9.17, 15) is 0 Å². The van der Waals surface area contributed by atoms with E-state index >= 15 is 0 Å². The molecule has 4 nitrogen and oxygen atoms in total. The standard InChI is InChI=1S/C20H31N3O.HI/c1-21-18(22-15-19(9-6-10-19)13-14-24-2)23-16-20(11-12-20)17-7-4-3-5-8-17;/h3-5,7-8H,6,9-16H2,1-2H3,(H2,21,22,23);1H. The summed E-state index contributed by atoms with van der Waals surface area (Å²) in [7, 11) is 3.65. The Bertz CT molecular complexity index is 553. The van der Waals surface area contributed by atoms with Crippen LogP contribution in [0.1, 0.15) is 44.1 Å². The molecule has 2 fully saturated rings. The van der Waals surface area contributed by atoms with Crippen LogP contribution in [0.5, 0.6) is 0 Å². The number of nitrogens with zero attached hydrogens (tertiary/aromatic N) is 1. The van der Waals surface area contributed by atoms with Crippen LogP contribution in [-0.4, -0.2) is 39.8 Å². The van der Waals surface area contributed by atoms with Crippen molar-refractivity contribution >= 4 is 29.9 Å². The average Bonchev–Trinajstić information content (AvgIpc) is 3.38. The van der Waals surface area contributed by atoms with Crippen LogP contribution < -0.4 is 10.6 Å². The topological polar surface area (TPSA) is 45.7 Å². The second-order valence-electron chi connectivity index (χ2n) is 7.52. The molecule has 0 spiro atoms. The molecule has 0 heterocycles. The molecule has 140 valence electrons. The lowest BCUT2D eigenvalue weighted by Gasteiger charge is -2.42. The molecule has 0 aliphatic heterocycles. The summed E-state index contributed by atoms with van der Waals surface area (Å²) in [5.74, 6) is 0.931. The summed E-state index contributed by atoms with van der Waals surface area (Å²) in [6.45, 7) is 2.81. The Hall–Kier alpha value is -0.820. The molecule has 1 aromatic carbocycles. The molecule has 0 amide bonds. The molecule has 0 saturated heterocycles. The van der Waals surface area contributed by atoms with Gasteiger partial charge in [-0.15, -0.1) is 24.0 Å². The minimum absolute atomic E-state index is 0. The summed E-state index contributed by atoms with van der Waals surface area (Å²) in [6.07, 6.45) is 7.61. The molecule has 1 aromatic rings. The first-order chi connectivity index (χ1) is 11.7. The Labute approximate surface area is 169 Å². The number of ether oxygens (including phenoxy) is 1. The molecule has 0 atom stereocenters. The van der Waals surface area contributed by atoms with Crippen LogP contribution in [0.25, 0.3) is 0 Å². The van der Waals surface area contributed by atoms with Crippen LogP contribution in [0.3, 0.4) is 0 Å². The zero-order valence-corrected chi connectivity index (χ0v) is 17.8. The normalized spacial score (nSPS) is 20.2.